The fourth-order valence-corrected chi connectivity index (χ4v) is 1.23. The van der Waals surface area contributed by atoms with Crippen molar-refractivity contribution in [3.8, 4) is 5.75 Å². The third-order valence-corrected chi connectivity index (χ3v) is 1.98. The molecule has 0 aliphatic heterocycles. The summed E-state index contributed by atoms with van der Waals surface area (Å²) in [5.41, 5.74) is 1.51. The highest BCUT2D eigenvalue weighted by atomic mass is 35.5. The number of halogens is 1. The molecule has 0 bridgehead atoms. The largest absolute Gasteiger partial charge is 0.495 e. The number of aromatic nitrogens is 3. The summed E-state index contributed by atoms with van der Waals surface area (Å²) in [6, 6.07) is 1.81. The summed E-state index contributed by atoms with van der Waals surface area (Å²) in [6.07, 6.45) is 1.64. The predicted octanol–water partition coefficient (Wildman–Crippen LogP) is 1.71. The van der Waals surface area contributed by atoms with E-state index in [1.54, 1.807) is 13.3 Å². The number of hydrogen-bond donors (Lipinski definition) is 1. The number of pyridine rings is 1. The monoisotopic (exact) mass is 197 g/mol. The van der Waals surface area contributed by atoms with Crippen LogP contribution in [0.4, 0.5) is 0 Å². The first-order valence-electron chi connectivity index (χ1n) is 3.78. The van der Waals surface area contributed by atoms with E-state index in [0.717, 1.165) is 17.0 Å². The number of imidazole rings is 1. The number of rotatable bonds is 2. The highest BCUT2D eigenvalue weighted by Gasteiger charge is 2.03. The van der Waals surface area contributed by atoms with E-state index >= 15 is 0 Å². The van der Waals surface area contributed by atoms with E-state index < -0.39 is 0 Å². The van der Waals surface area contributed by atoms with E-state index in [1.807, 2.05) is 6.07 Å². The Morgan fingerprint density at radius 3 is 3.15 bits per heavy atom. The maximum atomic E-state index is 5.62. The summed E-state index contributed by atoms with van der Waals surface area (Å²) < 4.78 is 5.02. The van der Waals surface area contributed by atoms with Crippen LogP contribution in [0.5, 0.6) is 5.75 Å². The molecule has 0 aliphatic rings. The Balaban J connectivity index is 2.57. The summed E-state index contributed by atoms with van der Waals surface area (Å²) in [6.45, 7) is 0. The quantitative estimate of drug-likeness (QED) is 0.746. The second kappa shape index (κ2) is 3.22. The molecule has 0 saturated heterocycles. The number of H-pyrrole nitrogens is 1. The molecule has 4 nitrogen and oxygen atoms in total. The molecule has 2 aromatic heterocycles. The van der Waals surface area contributed by atoms with Crippen LogP contribution in [0.3, 0.4) is 0 Å². The van der Waals surface area contributed by atoms with Crippen molar-refractivity contribution in [2.45, 2.75) is 5.88 Å². The molecular weight excluding hydrogens is 190 g/mol. The summed E-state index contributed by atoms with van der Waals surface area (Å²) in [5.74, 6) is 1.77. The molecule has 0 aromatic carbocycles. The third kappa shape index (κ3) is 1.45. The van der Waals surface area contributed by atoms with E-state index in [0.29, 0.717) is 11.6 Å². The third-order valence-electron chi connectivity index (χ3n) is 1.72. The zero-order chi connectivity index (χ0) is 9.26. The van der Waals surface area contributed by atoms with E-state index in [2.05, 4.69) is 15.0 Å². The number of nitrogens with zero attached hydrogens (tertiary/aromatic N) is 2. The van der Waals surface area contributed by atoms with Crippen molar-refractivity contribution in [2.24, 2.45) is 0 Å². The smallest absolute Gasteiger partial charge is 0.157 e. The Bertz CT molecular complexity index is 424. The van der Waals surface area contributed by atoms with Gasteiger partial charge in [0, 0.05) is 6.07 Å². The van der Waals surface area contributed by atoms with Gasteiger partial charge in [-0.05, 0) is 0 Å². The lowest BCUT2D eigenvalue weighted by Gasteiger charge is -1.95. The van der Waals surface area contributed by atoms with Gasteiger partial charge in [0.25, 0.3) is 0 Å². The van der Waals surface area contributed by atoms with Gasteiger partial charge >= 0.3 is 0 Å². The summed E-state index contributed by atoms with van der Waals surface area (Å²) in [7, 11) is 1.60. The zero-order valence-corrected chi connectivity index (χ0v) is 7.80. The summed E-state index contributed by atoms with van der Waals surface area (Å²) in [5, 5.41) is 0. The Morgan fingerprint density at radius 2 is 2.46 bits per heavy atom. The van der Waals surface area contributed by atoms with Crippen LogP contribution in [0.15, 0.2) is 12.3 Å². The average Bonchev–Trinajstić information content (AvgIpc) is 2.58. The Hall–Kier alpha value is -1.29. The number of ether oxygens (including phenoxy) is 1. The van der Waals surface area contributed by atoms with Crippen LogP contribution in [-0.2, 0) is 5.88 Å². The van der Waals surface area contributed by atoms with Crippen molar-refractivity contribution < 1.29 is 4.74 Å². The lowest BCUT2D eigenvalue weighted by Crippen LogP contribution is -1.84. The highest BCUT2D eigenvalue weighted by molar-refractivity contribution is 6.16. The van der Waals surface area contributed by atoms with Crippen molar-refractivity contribution >= 4 is 22.8 Å². The van der Waals surface area contributed by atoms with Gasteiger partial charge in [-0.2, -0.15) is 0 Å². The molecule has 2 rings (SSSR count). The molecule has 1 N–H and O–H groups in total. The molecule has 0 aliphatic carbocycles. The zero-order valence-electron chi connectivity index (χ0n) is 7.04. The standard InChI is InChI=1S/C8H8ClN3O/c1-13-5-2-6-8(10-4-5)12-7(3-9)11-6/h2,4H,3H2,1H3,(H,10,11,12). The van der Waals surface area contributed by atoms with Crippen molar-refractivity contribution in [1.29, 1.82) is 0 Å². The van der Waals surface area contributed by atoms with Gasteiger partial charge < -0.3 is 9.72 Å². The minimum Gasteiger partial charge on any atom is -0.495 e. The minimum absolute atomic E-state index is 0.360. The molecule has 0 unspecified atom stereocenters. The van der Waals surface area contributed by atoms with Crippen LogP contribution in [0.2, 0.25) is 0 Å². The molecule has 13 heavy (non-hydrogen) atoms. The first-order valence-corrected chi connectivity index (χ1v) is 4.31. The van der Waals surface area contributed by atoms with Gasteiger partial charge in [0.05, 0.1) is 19.2 Å². The van der Waals surface area contributed by atoms with E-state index in [-0.39, 0.29) is 0 Å². The van der Waals surface area contributed by atoms with Gasteiger partial charge in [0.2, 0.25) is 0 Å². The fraction of sp³-hybridized carbons (Fsp3) is 0.250. The van der Waals surface area contributed by atoms with Gasteiger partial charge in [0.1, 0.15) is 17.1 Å². The molecular formula is C8H8ClN3O. The average molecular weight is 198 g/mol. The van der Waals surface area contributed by atoms with Crippen LogP contribution in [-0.4, -0.2) is 22.1 Å². The predicted molar refractivity (Wildman–Crippen MR) is 50.0 cm³/mol. The Morgan fingerprint density at radius 1 is 1.62 bits per heavy atom. The van der Waals surface area contributed by atoms with Crippen LogP contribution >= 0.6 is 11.6 Å². The first kappa shape index (κ1) is 8.31. The lowest BCUT2D eigenvalue weighted by atomic mass is 10.4. The van der Waals surface area contributed by atoms with E-state index in [4.69, 9.17) is 16.3 Å². The molecule has 5 heteroatoms. The van der Waals surface area contributed by atoms with Crippen LogP contribution in [0.25, 0.3) is 11.2 Å². The number of aromatic amines is 1. The van der Waals surface area contributed by atoms with Gasteiger partial charge in [-0.3, -0.25) is 0 Å². The molecule has 2 heterocycles. The molecule has 0 spiro atoms. The van der Waals surface area contributed by atoms with Gasteiger partial charge in [-0.1, -0.05) is 0 Å². The minimum atomic E-state index is 0.360. The van der Waals surface area contributed by atoms with Crippen LogP contribution < -0.4 is 4.74 Å². The second-order valence-electron chi connectivity index (χ2n) is 2.56. The molecule has 0 atom stereocenters. The number of fused-ring (bicyclic) bond motifs is 1. The summed E-state index contributed by atoms with van der Waals surface area (Å²) >= 11 is 5.62. The molecule has 0 fully saturated rings. The Kier molecular flexibility index (Phi) is 2.06. The number of hydrogen-bond acceptors (Lipinski definition) is 3. The molecule has 0 radical (unpaired) electrons. The van der Waals surface area contributed by atoms with E-state index in [9.17, 15) is 0 Å². The maximum Gasteiger partial charge on any atom is 0.157 e. The first-order chi connectivity index (χ1) is 6.33. The fourth-order valence-electron chi connectivity index (χ4n) is 1.10. The Labute approximate surface area is 79.9 Å². The number of nitrogens with one attached hydrogen (secondary N) is 1. The molecule has 0 saturated carbocycles. The second-order valence-corrected chi connectivity index (χ2v) is 2.83. The molecule has 68 valence electrons. The molecule has 2 aromatic rings. The number of methoxy groups -OCH3 is 1. The van der Waals surface area contributed by atoms with Gasteiger partial charge in [-0.25, -0.2) is 9.97 Å². The van der Waals surface area contributed by atoms with Crippen molar-refractivity contribution in [3.63, 3.8) is 0 Å². The van der Waals surface area contributed by atoms with Crippen molar-refractivity contribution in [3.05, 3.63) is 18.1 Å². The summed E-state index contributed by atoms with van der Waals surface area (Å²) in [4.78, 5) is 11.3. The van der Waals surface area contributed by atoms with Gasteiger partial charge in [0.15, 0.2) is 5.65 Å². The highest BCUT2D eigenvalue weighted by Crippen LogP contribution is 2.16. The normalized spacial score (nSPS) is 10.6. The van der Waals surface area contributed by atoms with Crippen LogP contribution in [0, 0.1) is 0 Å². The maximum absolute atomic E-state index is 5.62. The molecule has 0 amide bonds. The van der Waals surface area contributed by atoms with Gasteiger partial charge in [-0.15, -0.1) is 11.6 Å². The van der Waals surface area contributed by atoms with Crippen LogP contribution in [0.1, 0.15) is 5.82 Å². The lowest BCUT2D eigenvalue weighted by molar-refractivity contribution is 0.413. The van der Waals surface area contributed by atoms with Crippen molar-refractivity contribution in [2.75, 3.05) is 7.11 Å². The number of alkyl halides is 1. The SMILES string of the molecule is COc1cnc2[nH]c(CCl)nc2c1. The van der Waals surface area contributed by atoms with Crippen molar-refractivity contribution in [1.82, 2.24) is 15.0 Å². The van der Waals surface area contributed by atoms with E-state index in [1.165, 1.54) is 0 Å². The topological polar surface area (TPSA) is 50.8 Å².